The van der Waals surface area contributed by atoms with Crippen molar-refractivity contribution in [2.24, 2.45) is 7.05 Å². The van der Waals surface area contributed by atoms with Crippen molar-refractivity contribution in [3.63, 3.8) is 0 Å². The van der Waals surface area contributed by atoms with E-state index < -0.39 is 23.2 Å². The van der Waals surface area contributed by atoms with Crippen molar-refractivity contribution < 1.29 is 22.8 Å². The van der Waals surface area contributed by atoms with Gasteiger partial charge in [0.25, 0.3) is 0 Å². The lowest BCUT2D eigenvalue weighted by molar-refractivity contribution is -0.137. The summed E-state index contributed by atoms with van der Waals surface area (Å²) in [6, 6.07) is 12.6. The summed E-state index contributed by atoms with van der Waals surface area (Å²) in [7, 11) is 1.76. The van der Waals surface area contributed by atoms with Crippen molar-refractivity contribution in [3.05, 3.63) is 65.9 Å². The number of urea groups is 1. The molecule has 1 aliphatic carbocycles. The van der Waals surface area contributed by atoms with Gasteiger partial charge in [-0.05, 0) is 73.2 Å². The second-order valence-electron chi connectivity index (χ2n) is 10.6. The van der Waals surface area contributed by atoms with E-state index in [1.54, 1.807) is 36.0 Å². The number of aryl methyl sites for hydroxylation is 1. The molecule has 9 nitrogen and oxygen atoms in total. The van der Waals surface area contributed by atoms with Crippen LogP contribution in [0.3, 0.4) is 0 Å². The van der Waals surface area contributed by atoms with Crippen molar-refractivity contribution in [2.75, 3.05) is 29.5 Å². The quantitative estimate of drug-likeness (QED) is 0.295. The van der Waals surface area contributed by atoms with Gasteiger partial charge in [-0.1, -0.05) is 18.2 Å². The fraction of sp³-hybridized carbons (Fsp3) is 0.310. The summed E-state index contributed by atoms with van der Waals surface area (Å²) in [5, 5.41) is 10.1. The number of rotatable bonds is 5. The number of carbonyl (C=O) groups is 2. The van der Waals surface area contributed by atoms with Gasteiger partial charge in [0.15, 0.2) is 11.5 Å². The Labute approximate surface area is 233 Å². The number of amides is 3. The molecule has 0 spiro atoms. The second kappa shape index (κ2) is 9.79. The number of anilines is 3. The second-order valence-corrected chi connectivity index (χ2v) is 10.6. The van der Waals surface area contributed by atoms with Crippen LogP contribution in [0.25, 0.3) is 22.2 Å². The largest absolute Gasteiger partial charge is 0.416 e. The van der Waals surface area contributed by atoms with E-state index >= 15 is 0 Å². The van der Waals surface area contributed by atoms with E-state index in [0.29, 0.717) is 28.2 Å². The van der Waals surface area contributed by atoms with Crippen molar-refractivity contribution in [1.29, 1.82) is 0 Å². The number of nitrogens with two attached hydrogens (primary N) is 1. The third-order valence-corrected chi connectivity index (χ3v) is 7.77. The number of pyridine rings is 1. The summed E-state index contributed by atoms with van der Waals surface area (Å²) < 4.78 is 40.6. The lowest BCUT2D eigenvalue weighted by Gasteiger charge is -2.23. The first-order valence-electron chi connectivity index (χ1n) is 13.3. The number of fused-ring (bicyclic) bond motifs is 1. The molecule has 3 heterocycles. The van der Waals surface area contributed by atoms with Crippen LogP contribution in [-0.2, 0) is 23.4 Å². The molecule has 2 aromatic carbocycles. The van der Waals surface area contributed by atoms with E-state index in [9.17, 15) is 22.8 Å². The van der Waals surface area contributed by atoms with Crippen LogP contribution in [0.5, 0.6) is 0 Å². The zero-order valence-corrected chi connectivity index (χ0v) is 22.3. The molecule has 212 valence electrons. The van der Waals surface area contributed by atoms with Gasteiger partial charge >= 0.3 is 12.2 Å². The molecule has 0 atom stereocenters. The van der Waals surface area contributed by atoms with Crippen LogP contribution in [0.1, 0.15) is 36.9 Å². The molecule has 4 aromatic rings. The molecule has 2 fully saturated rings. The van der Waals surface area contributed by atoms with Gasteiger partial charge in [0.2, 0.25) is 5.91 Å². The average molecular weight is 564 g/mol. The van der Waals surface area contributed by atoms with Crippen LogP contribution in [0, 0.1) is 0 Å². The molecule has 41 heavy (non-hydrogen) atoms. The monoisotopic (exact) mass is 563 g/mol. The normalized spacial score (nSPS) is 16.1. The van der Waals surface area contributed by atoms with Gasteiger partial charge in [-0.15, -0.1) is 0 Å². The first-order chi connectivity index (χ1) is 19.5. The van der Waals surface area contributed by atoms with E-state index in [-0.39, 0.29) is 11.6 Å². The number of nitrogens with zero attached hydrogens (tertiary/aromatic N) is 4. The van der Waals surface area contributed by atoms with Crippen molar-refractivity contribution >= 4 is 40.2 Å². The van der Waals surface area contributed by atoms with Crippen LogP contribution in [0.2, 0.25) is 0 Å². The molecule has 0 bridgehead atoms. The van der Waals surface area contributed by atoms with Gasteiger partial charge in [0, 0.05) is 31.5 Å². The van der Waals surface area contributed by atoms with E-state index in [1.165, 1.54) is 12.1 Å². The summed E-state index contributed by atoms with van der Waals surface area (Å²) in [6.07, 6.45) is -1.03. The predicted molar refractivity (Wildman–Crippen MR) is 149 cm³/mol. The van der Waals surface area contributed by atoms with Crippen molar-refractivity contribution in [3.8, 4) is 11.1 Å². The van der Waals surface area contributed by atoms with Gasteiger partial charge in [0.05, 0.1) is 22.1 Å². The van der Waals surface area contributed by atoms with Crippen molar-refractivity contribution in [1.82, 2.24) is 19.7 Å². The van der Waals surface area contributed by atoms with Crippen LogP contribution >= 0.6 is 0 Å². The van der Waals surface area contributed by atoms with E-state index in [1.807, 2.05) is 11.0 Å². The van der Waals surface area contributed by atoms with Gasteiger partial charge in [0.1, 0.15) is 0 Å². The highest BCUT2D eigenvalue weighted by molar-refractivity contribution is 6.03. The fourth-order valence-electron chi connectivity index (χ4n) is 5.48. The average Bonchev–Trinajstić information content (AvgIpc) is 3.46. The summed E-state index contributed by atoms with van der Waals surface area (Å²) in [4.78, 5) is 32.8. The maximum absolute atomic E-state index is 13.5. The maximum atomic E-state index is 13.5. The zero-order valence-electron chi connectivity index (χ0n) is 22.3. The number of alkyl halides is 3. The highest BCUT2D eigenvalue weighted by Crippen LogP contribution is 2.51. The van der Waals surface area contributed by atoms with E-state index in [2.05, 4.69) is 15.7 Å². The number of hydrogen-bond acceptors (Lipinski definition) is 5. The Hall–Kier alpha value is -4.61. The number of benzene rings is 2. The topological polar surface area (TPSA) is 118 Å². The molecule has 3 amide bonds. The fourth-order valence-corrected chi connectivity index (χ4v) is 5.48. The molecular formula is C29H28F3N7O2. The lowest BCUT2D eigenvalue weighted by Crippen LogP contribution is -2.37. The Morgan fingerprint density at radius 2 is 1.66 bits per heavy atom. The number of nitrogens with one attached hydrogen (secondary N) is 2. The lowest BCUT2D eigenvalue weighted by atomic mass is 9.94. The number of aromatic nitrogens is 3. The number of halogens is 3. The Balaban J connectivity index is 1.27. The minimum Gasteiger partial charge on any atom is -0.382 e. The van der Waals surface area contributed by atoms with Crippen LogP contribution in [0.15, 0.2) is 54.6 Å². The molecule has 1 aliphatic heterocycles. The Kier molecular flexibility index (Phi) is 6.35. The molecular weight excluding hydrogens is 535 g/mol. The van der Waals surface area contributed by atoms with E-state index in [4.69, 9.17) is 10.7 Å². The third kappa shape index (κ3) is 4.94. The first kappa shape index (κ1) is 26.6. The molecule has 0 radical (unpaired) electrons. The van der Waals surface area contributed by atoms with Gasteiger partial charge in [-0.3, -0.25) is 4.79 Å². The van der Waals surface area contributed by atoms with Gasteiger partial charge in [-0.2, -0.15) is 18.3 Å². The number of hydrogen-bond donors (Lipinski definition) is 3. The summed E-state index contributed by atoms with van der Waals surface area (Å²) in [6.45, 7) is 1.54. The summed E-state index contributed by atoms with van der Waals surface area (Å²) in [5.74, 6) is 0.434. The highest BCUT2D eigenvalue weighted by atomic mass is 19.4. The standard InChI is InChI=1S/C29H28F3N7O2/c1-38-25-23(24(33)37-38)21(16-22(36-25)28(11-12-28)26(40)39-13-2-3-14-39)17-7-9-19(10-8-17)34-27(41)35-20-6-4-5-18(15-20)29(30,31)32/h4-10,15-16H,2-3,11-14H2,1H3,(H2,33,37)(H2,34,35,41). The summed E-state index contributed by atoms with van der Waals surface area (Å²) in [5.41, 5.74) is 8.07. The SMILES string of the molecule is Cn1nc(N)c2c(-c3ccc(NC(=O)Nc4cccc(C(F)(F)F)c4)cc3)cc(C3(C(=O)N4CCCC4)CC3)nc21. The first-order valence-corrected chi connectivity index (χ1v) is 13.3. The van der Waals surface area contributed by atoms with Crippen molar-refractivity contribution in [2.45, 2.75) is 37.3 Å². The molecule has 2 aromatic heterocycles. The maximum Gasteiger partial charge on any atom is 0.416 e. The molecule has 4 N–H and O–H groups in total. The smallest absolute Gasteiger partial charge is 0.382 e. The predicted octanol–water partition coefficient (Wildman–Crippen LogP) is 5.53. The minimum atomic E-state index is -4.51. The molecule has 1 saturated heterocycles. The Bertz CT molecular complexity index is 1650. The third-order valence-electron chi connectivity index (χ3n) is 7.77. The van der Waals surface area contributed by atoms with Crippen LogP contribution in [-0.4, -0.2) is 44.7 Å². The Morgan fingerprint density at radius 3 is 2.32 bits per heavy atom. The molecule has 1 saturated carbocycles. The molecule has 2 aliphatic rings. The number of nitrogen functional groups attached to an aromatic ring is 1. The van der Waals surface area contributed by atoms with Gasteiger partial charge < -0.3 is 21.3 Å². The van der Waals surface area contributed by atoms with Gasteiger partial charge in [-0.25, -0.2) is 14.5 Å². The summed E-state index contributed by atoms with van der Waals surface area (Å²) >= 11 is 0. The minimum absolute atomic E-state index is 0.0187. The highest BCUT2D eigenvalue weighted by Gasteiger charge is 2.55. The van der Waals surface area contributed by atoms with E-state index in [0.717, 1.165) is 62.0 Å². The number of likely N-dealkylation sites (tertiary alicyclic amines) is 1. The molecule has 12 heteroatoms. The number of carbonyl (C=O) groups excluding carboxylic acids is 2. The van der Waals surface area contributed by atoms with Crippen LogP contribution in [0.4, 0.5) is 35.2 Å². The van der Waals surface area contributed by atoms with Crippen LogP contribution < -0.4 is 16.4 Å². The zero-order chi connectivity index (χ0) is 28.9. The Morgan fingerprint density at radius 1 is 0.976 bits per heavy atom. The molecule has 6 rings (SSSR count). The molecule has 0 unspecified atom stereocenters.